The Balaban J connectivity index is 1.91. The summed E-state index contributed by atoms with van der Waals surface area (Å²) in [5, 5.41) is 3.22. The topological polar surface area (TPSA) is 21.3 Å². The first-order chi connectivity index (χ1) is 10.1. The second kappa shape index (κ2) is 7.46. The average molecular weight is 352 g/mol. The van der Waals surface area contributed by atoms with Crippen LogP contribution in [0.25, 0.3) is 0 Å². The van der Waals surface area contributed by atoms with Gasteiger partial charge in [0, 0.05) is 10.5 Å². The molecule has 1 unspecified atom stereocenters. The third-order valence-electron chi connectivity index (χ3n) is 3.38. The Morgan fingerprint density at radius 1 is 1.19 bits per heavy atom. The van der Waals surface area contributed by atoms with E-state index in [9.17, 15) is 4.39 Å². The molecule has 4 heteroatoms. The van der Waals surface area contributed by atoms with Crippen LogP contribution in [0.1, 0.15) is 18.9 Å². The molecule has 0 amide bonds. The molecule has 112 valence electrons. The lowest BCUT2D eigenvalue weighted by Crippen LogP contribution is -2.17. The zero-order chi connectivity index (χ0) is 15.2. The number of nitrogens with one attached hydrogen (secondary N) is 1. The largest absolute Gasteiger partial charge is 0.497 e. The van der Waals surface area contributed by atoms with Gasteiger partial charge in [0.25, 0.3) is 0 Å². The number of halogens is 2. The van der Waals surface area contributed by atoms with Crippen molar-refractivity contribution < 1.29 is 9.13 Å². The maximum atomic E-state index is 13.8. The van der Waals surface area contributed by atoms with Gasteiger partial charge in [0.15, 0.2) is 0 Å². The minimum Gasteiger partial charge on any atom is -0.497 e. The molecule has 0 aliphatic heterocycles. The number of hydrogen-bond donors (Lipinski definition) is 1. The highest BCUT2D eigenvalue weighted by atomic mass is 79.9. The van der Waals surface area contributed by atoms with Crippen LogP contribution in [0.3, 0.4) is 0 Å². The fraction of sp³-hybridized carbons (Fsp3) is 0.294. The second-order valence-corrected chi connectivity index (χ2v) is 5.88. The van der Waals surface area contributed by atoms with E-state index in [-0.39, 0.29) is 11.9 Å². The average Bonchev–Trinajstić information content (AvgIpc) is 2.49. The SMILES string of the molecule is COc1ccc(CCC(C)Nc2c(F)cccc2Br)cc1. The normalized spacial score (nSPS) is 12.0. The quantitative estimate of drug-likeness (QED) is 0.787. The number of methoxy groups -OCH3 is 1. The van der Waals surface area contributed by atoms with Crippen LogP contribution in [0.2, 0.25) is 0 Å². The van der Waals surface area contributed by atoms with Crippen molar-refractivity contribution >= 4 is 21.6 Å². The van der Waals surface area contributed by atoms with Gasteiger partial charge in [-0.15, -0.1) is 0 Å². The van der Waals surface area contributed by atoms with Crippen LogP contribution in [0.4, 0.5) is 10.1 Å². The molecule has 2 aromatic rings. The molecule has 0 bridgehead atoms. The predicted octanol–water partition coefficient (Wildman–Crippen LogP) is 5.03. The molecular formula is C17H19BrFNO. The van der Waals surface area contributed by atoms with Crippen molar-refractivity contribution in [3.63, 3.8) is 0 Å². The summed E-state index contributed by atoms with van der Waals surface area (Å²) in [6.45, 7) is 2.06. The number of anilines is 1. The minimum atomic E-state index is -0.235. The zero-order valence-electron chi connectivity index (χ0n) is 12.2. The van der Waals surface area contributed by atoms with Crippen LogP contribution in [0, 0.1) is 5.82 Å². The summed E-state index contributed by atoms with van der Waals surface area (Å²) in [5.74, 6) is 0.626. The molecule has 0 spiro atoms. The molecule has 0 saturated carbocycles. The van der Waals surface area contributed by atoms with Crippen molar-refractivity contribution in [3.8, 4) is 5.75 Å². The standard InChI is InChI=1S/C17H19BrFNO/c1-12(20-17-15(18)4-3-5-16(17)19)6-7-13-8-10-14(21-2)11-9-13/h3-5,8-12,20H,6-7H2,1-2H3. The molecule has 2 rings (SSSR count). The number of hydrogen-bond acceptors (Lipinski definition) is 2. The first-order valence-electron chi connectivity index (χ1n) is 6.93. The van der Waals surface area contributed by atoms with Crippen LogP contribution in [-0.2, 0) is 6.42 Å². The molecule has 0 aliphatic carbocycles. The predicted molar refractivity (Wildman–Crippen MR) is 88.5 cm³/mol. The summed E-state index contributed by atoms with van der Waals surface area (Å²) in [6.07, 6.45) is 1.86. The number of aryl methyl sites for hydroxylation is 1. The van der Waals surface area contributed by atoms with E-state index in [0.717, 1.165) is 23.1 Å². The van der Waals surface area contributed by atoms with Gasteiger partial charge in [-0.05, 0) is 65.5 Å². The summed E-state index contributed by atoms with van der Waals surface area (Å²) in [7, 11) is 1.66. The minimum absolute atomic E-state index is 0.181. The summed E-state index contributed by atoms with van der Waals surface area (Å²) >= 11 is 3.37. The molecule has 2 aromatic carbocycles. The number of benzene rings is 2. The van der Waals surface area contributed by atoms with Gasteiger partial charge in [-0.1, -0.05) is 18.2 Å². The summed E-state index contributed by atoms with van der Waals surface area (Å²) in [5.41, 5.74) is 1.77. The van der Waals surface area contributed by atoms with Gasteiger partial charge in [0.2, 0.25) is 0 Å². The number of ether oxygens (including phenoxy) is 1. The summed E-state index contributed by atoms with van der Waals surface area (Å²) < 4.78 is 19.6. The van der Waals surface area contributed by atoms with Gasteiger partial charge in [0.1, 0.15) is 11.6 Å². The van der Waals surface area contributed by atoms with Gasteiger partial charge in [0.05, 0.1) is 12.8 Å². The molecule has 0 aliphatic rings. The van der Waals surface area contributed by atoms with E-state index in [4.69, 9.17) is 4.74 Å². The highest BCUT2D eigenvalue weighted by molar-refractivity contribution is 9.10. The van der Waals surface area contributed by atoms with Gasteiger partial charge < -0.3 is 10.1 Å². The molecule has 0 heterocycles. The van der Waals surface area contributed by atoms with Gasteiger partial charge in [-0.3, -0.25) is 0 Å². The molecule has 0 radical (unpaired) electrons. The molecule has 0 fully saturated rings. The Morgan fingerprint density at radius 2 is 1.90 bits per heavy atom. The van der Waals surface area contributed by atoms with E-state index < -0.39 is 0 Å². The zero-order valence-corrected chi connectivity index (χ0v) is 13.8. The van der Waals surface area contributed by atoms with Gasteiger partial charge in [-0.2, -0.15) is 0 Å². The Hall–Kier alpha value is -1.55. The van der Waals surface area contributed by atoms with E-state index in [2.05, 4.69) is 40.3 Å². The molecule has 21 heavy (non-hydrogen) atoms. The van der Waals surface area contributed by atoms with Crippen molar-refractivity contribution in [3.05, 3.63) is 58.3 Å². The summed E-state index contributed by atoms with van der Waals surface area (Å²) in [6, 6.07) is 13.2. The van der Waals surface area contributed by atoms with Crippen LogP contribution in [-0.4, -0.2) is 13.2 Å². The maximum absolute atomic E-state index is 13.8. The van der Waals surface area contributed by atoms with Crippen molar-refractivity contribution in [2.24, 2.45) is 0 Å². The monoisotopic (exact) mass is 351 g/mol. The first kappa shape index (κ1) is 15.8. The van der Waals surface area contributed by atoms with Crippen molar-refractivity contribution in [1.29, 1.82) is 0 Å². The van der Waals surface area contributed by atoms with Crippen LogP contribution in [0.5, 0.6) is 5.75 Å². The third-order valence-corrected chi connectivity index (χ3v) is 4.04. The van der Waals surface area contributed by atoms with Crippen molar-refractivity contribution in [2.75, 3.05) is 12.4 Å². The third kappa shape index (κ3) is 4.46. The van der Waals surface area contributed by atoms with E-state index in [1.54, 1.807) is 13.2 Å². The highest BCUT2D eigenvalue weighted by Gasteiger charge is 2.09. The van der Waals surface area contributed by atoms with Gasteiger partial charge in [-0.25, -0.2) is 4.39 Å². The van der Waals surface area contributed by atoms with Crippen molar-refractivity contribution in [1.82, 2.24) is 0 Å². The van der Waals surface area contributed by atoms with Gasteiger partial charge >= 0.3 is 0 Å². The fourth-order valence-corrected chi connectivity index (χ4v) is 2.59. The van der Waals surface area contributed by atoms with Crippen LogP contribution >= 0.6 is 15.9 Å². The van der Waals surface area contributed by atoms with E-state index in [0.29, 0.717) is 5.69 Å². The lowest BCUT2D eigenvalue weighted by Gasteiger charge is -2.17. The second-order valence-electron chi connectivity index (χ2n) is 5.03. The smallest absolute Gasteiger partial charge is 0.147 e. The van der Waals surface area contributed by atoms with E-state index in [1.807, 2.05) is 18.2 Å². The number of para-hydroxylation sites is 1. The highest BCUT2D eigenvalue weighted by Crippen LogP contribution is 2.26. The molecule has 1 atom stereocenters. The molecule has 1 N–H and O–H groups in total. The fourth-order valence-electron chi connectivity index (χ4n) is 2.13. The first-order valence-corrected chi connectivity index (χ1v) is 7.73. The van der Waals surface area contributed by atoms with E-state index in [1.165, 1.54) is 11.6 Å². The number of rotatable bonds is 6. The van der Waals surface area contributed by atoms with E-state index >= 15 is 0 Å². The Bertz CT molecular complexity index is 566. The lowest BCUT2D eigenvalue weighted by molar-refractivity contribution is 0.414. The Labute approximate surface area is 133 Å². The maximum Gasteiger partial charge on any atom is 0.147 e. The van der Waals surface area contributed by atoms with Crippen LogP contribution < -0.4 is 10.1 Å². The molecule has 0 aromatic heterocycles. The Kier molecular flexibility index (Phi) is 5.62. The lowest BCUT2D eigenvalue weighted by atomic mass is 10.1. The molecule has 0 saturated heterocycles. The summed E-state index contributed by atoms with van der Waals surface area (Å²) in [4.78, 5) is 0. The molecular weight excluding hydrogens is 333 g/mol. The Morgan fingerprint density at radius 3 is 2.52 bits per heavy atom. The van der Waals surface area contributed by atoms with Crippen molar-refractivity contribution in [2.45, 2.75) is 25.8 Å². The van der Waals surface area contributed by atoms with Crippen LogP contribution in [0.15, 0.2) is 46.9 Å². The molecule has 2 nitrogen and oxygen atoms in total.